The zero-order valence-electron chi connectivity index (χ0n) is 41.6. The van der Waals surface area contributed by atoms with Crippen molar-refractivity contribution < 1.29 is 33.8 Å². The number of ketones is 2. The Labute approximate surface area is 369 Å². The van der Waals surface area contributed by atoms with Crippen LogP contribution in [0.2, 0.25) is 0 Å². The molecule has 2 aromatic carbocycles. The van der Waals surface area contributed by atoms with E-state index in [0.29, 0.717) is 40.6 Å². The van der Waals surface area contributed by atoms with E-state index in [2.05, 4.69) is 60.1 Å². The van der Waals surface area contributed by atoms with Crippen molar-refractivity contribution in [2.24, 2.45) is 35.5 Å². The van der Waals surface area contributed by atoms with E-state index in [9.17, 15) is 24.3 Å². The zero-order valence-corrected chi connectivity index (χ0v) is 41.6. The Hall–Kier alpha value is -3.16. The molecule has 1 aliphatic rings. The van der Waals surface area contributed by atoms with Gasteiger partial charge in [0.2, 0.25) is 0 Å². The van der Waals surface area contributed by atoms with Crippen LogP contribution in [0.4, 0.5) is 0 Å². The second-order valence-electron chi connectivity index (χ2n) is 18.3. The molecule has 2 aromatic rings. The monoisotopic (exact) mass is 841 g/mol. The van der Waals surface area contributed by atoms with E-state index in [0.717, 1.165) is 30.1 Å². The van der Waals surface area contributed by atoms with Crippen LogP contribution in [0.5, 0.6) is 0 Å². The molecular formula is C53H92O7. The van der Waals surface area contributed by atoms with Gasteiger partial charge in [-0.05, 0) is 73.1 Å². The number of aliphatic hydroxyl groups excluding tert-OH is 1. The summed E-state index contributed by atoms with van der Waals surface area (Å²) in [6.45, 7) is 33.7. The Bertz CT molecular complexity index is 1370. The first-order chi connectivity index (χ1) is 28.1. The normalized spacial score (nSPS) is 12.5. The number of Topliss-reactive ketones (excluding diaryl/α,β-unsaturated/α-hetero) is 2. The first-order valence-corrected chi connectivity index (χ1v) is 23.2. The van der Waals surface area contributed by atoms with E-state index in [4.69, 9.17) is 4.74 Å². The fourth-order valence-corrected chi connectivity index (χ4v) is 5.78. The summed E-state index contributed by atoms with van der Waals surface area (Å²) in [5.74, 6) is 2.79. The minimum absolute atomic E-state index is 0.213. The summed E-state index contributed by atoms with van der Waals surface area (Å²) in [6, 6.07) is 15.0. The lowest BCUT2D eigenvalue weighted by molar-refractivity contribution is -0.122. The number of methoxy groups -OCH3 is 1. The van der Waals surface area contributed by atoms with Crippen molar-refractivity contribution >= 4 is 23.5 Å². The van der Waals surface area contributed by atoms with E-state index in [1.807, 2.05) is 77.9 Å². The fourth-order valence-electron chi connectivity index (χ4n) is 5.78. The first-order valence-electron chi connectivity index (χ1n) is 23.2. The Balaban J connectivity index is -0.000000668. The summed E-state index contributed by atoms with van der Waals surface area (Å²) < 4.78 is 9.29. The van der Waals surface area contributed by atoms with E-state index in [1.54, 1.807) is 33.1 Å². The molecule has 7 nitrogen and oxygen atoms in total. The van der Waals surface area contributed by atoms with E-state index in [1.165, 1.54) is 64.2 Å². The van der Waals surface area contributed by atoms with E-state index < -0.39 is 11.9 Å². The maximum Gasteiger partial charge on any atom is 0.346 e. The van der Waals surface area contributed by atoms with Crippen molar-refractivity contribution in [2.75, 3.05) is 13.7 Å². The third-order valence-electron chi connectivity index (χ3n) is 10.0. The van der Waals surface area contributed by atoms with Crippen LogP contribution >= 0.6 is 0 Å². The number of ether oxygens (including phenoxy) is 2. The number of aliphatic hydroxyl groups is 1. The molecule has 7 heteroatoms. The number of cyclic esters (lactones) is 2. The summed E-state index contributed by atoms with van der Waals surface area (Å²) >= 11 is 0. The van der Waals surface area contributed by atoms with Crippen LogP contribution in [-0.4, -0.2) is 42.3 Å². The topological polar surface area (TPSA) is 107 Å². The molecule has 3 rings (SSSR count). The largest absolute Gasteiger partial charge is 0.388 e. The lowest BCUT2D eigenvalue weighted by atomic mass is 9.87. The third-order valence-corrected chi connectivity index (χ3v) is 10.0. The summed E-state index contributed by atoms with van der Waals surface area (Å²) in [5.41, 5.74) is 2.80. The quantitative estimate of drug-likeness (QED) is 0.0852. The maximum absolute atomic E-state index is 11.2. The molecule has 2 unspecified atom stereocenters. The average molecular weight is 841 g/mol. The molecule has 60 heavy (non-hydrogen) atoms. The number of hydrogen-bond donors (Lipinski definition) is 1. The van der Waals surface area contributed by atoms with Gasteiger partial charge in [-0.2, -0.15) is 0 Å². The Morgan fingerprint density at radius 1 is 0.600 bits per heavy atom. The highest BCUT2D eigenvalue weighted by Crippen LogP contribution is 2.25. The number of carbonyl (C=O) groups excluding carboxylic acids is 4. The third kappa shape index (κ3) is 32.6. The Morgan fingerprint density at radius 3 is 1.47 bits per heavy atom. The molecule has 0 aliphatic carbocycles. The number of rotatable bonds is 19. The number of esters is 2. The van der Waals surface area contributed by atoms with Gasteiger partial charge in [0.15, 0.2) is 0 Å². The number of benzene rings is 2. The zero-order chi connectivity index (χ0) is 46.8. The van der Waals surface area contributed by atoms with Gasteiger partial charge in [0.05, 0.1) is 17.2 Å². The first kappa shape index (κ1) is 61.1. The standard InChI is InChI=1S/C12H24O.C11H10O3.C10H14O.C10H22.C5H12O.C5H10O/c1-5-6-7-8-9-12(10(2)3)11(4)13;1-6(2)7-3-4-8-9(5-7)11(13)14-10(8)12;1-8(2)10(11)9-6-4-3-5-7-9;1-4-5-6-7-8-9-10(2)3;1-5(2)4-6-3;1-4(2)5(3)6/h10,12H,5-9H2,1-4H3;3-6H,1-2H3;3-8,10-11H,1-2H3;10H,4-9H2,1-3H3;5H,4H2,1-3H3;4H,1-3H3. The van der Waals surface area contributed by atoms with Crippen LogP contribution in [-0.2, 0) is 19.1 Å². The van der Waals surface area contributed by atoms with E-state index in [-0.39, 0.29) is 23.7 Å². The molecule has 0 saturated carbocycles. The van der Waals surface area contributed by atoms with Crippen molar-refractivity contribution in [1.29, 1.82) is 0 Å². The van der Waals surface area contributed by atoms with Gasteiger partial charge in [-0.15, -0.1) is 0 Å². The van der Waals surface area contributed by atoms with Crippen molar-refractivity contribution in [1.82, 2.24) is 0 Å². The molecular weight excluding hydrogens is 749 g/mol. The van der Waals surface area contributed by atoms with Gasteiger partial charge in [-0.1, -0.05) is 198 Å². The Kier molecular flexibility index (Phi) is 38.3. The smallest absolute Gasteiger partial charge is 0.346 e. The molecule has 0 spiro atoms. The number of fused-ring (bicyclic) bond motifs is 1. The molecule has 2 atom stereocenters. The van der Waals surface area contributed by atoms with Crippen molar-refractivity contribution in [3.8, 4) is 0 Å². The van der Waals surface area contributed by atoms with Gasteiger partial charge in [0.25, 0.3) is 0 Å². The van der Waals surface area contributed by atoms with Gasteiger partial charge in [0.1, 0.15) is 11.6 Å². The Morgan fingerprint density at radius 2 is 1.08 bits per heavy atom. The number of carbonyl (C=O) groups is 4. The van der Waals surface area contributed by atoms with Crippen LogP contribution in [0.25, 0.3) is 0 Å². The second kappa shape index (κ2) is 37.6. The predicted octanol–water partition coefficient (Wildman–Crippen LogP) is 14.8. The summed E-state index contributed by atoms with van der Waals surface area (Å²) in [4.78, 5) is 43.7. The van der Waals surface area contributed by atoms with Crippen LogP contribution in [0.1, 0.15) is 225 Å². The van der Waals surface area contributed by atoms with Gasteiger partial charge >= 0.3 is 11.9 Å². The predicted molar refractivity (Wildman–Crippen MR) is 255 cm³/mol. The fraction of sp³-hybridized carbons (Fsp3) is 0.698. The highest BCUT2D eigenvalue weighted by Gasteiger charge is 2.29. The number of unbranched alkanes of at least 4 members (excludes halogenated alkanes) is 7. The maximum atomic E-state index is 11.2. The molecule has 0 amide bonds. The minimum Gasteiger partial charge on any atom is -0.388 e. The molecule has 1 N–H and O–H groups in total. The van der Waals surface area contributed by atoms with Crippen molar-refractivity contribution in [2.45, 2.75) is 193 Å². The SMILES string of the molecule is CC(=O)C(C)C.CC(C)C(O)c1ccccc1.CC(C)c1ccc2c(c1)C(=O)OC2=O.CCCCCCC(C(C)=O)C(C)C.CCCCCCCC(C)C.COCC(C)C. The molecule has 1 heterocycles. The van der Waals surface area contributed by atoms with Crippen LogP contribution in [0.15, 0.2) is 48.5 Å². The lowest BCUT2D eigenvalue weighted by Crippen LogP contribution is -2.17. The minimum atomic E-state index is -0.541. The molecule has 0 radical (unpaired) electrons. The molecule has 1 aliphatic heterocycles. The summed E-state index contributed by atoms with van der Waals surface area (Å²) in [6.07, 6.45) is 14.4. The van der Waals surface area contributed by atoms with E-state index >= 15 is 0 Å². The molecule has 346 valence electrons. The highest BCUT2D eigenvalue weighted by molar-refractivity contribution is 6.14. The highest BCUT2D eigenvalue weighted by atomic mass is 16.6. The molecule has 0 aromatic heterocycles. The molecule has 0 fully saturated rings. The molecule has 0 bridgehead atoms. The summed E-state index contributed by atoms with van der Waals surface area (Å²) in [5, 5.41) is 9.60. The van der Waals surface area contributed by atoms with Crippen LogP contribution in [0.3, 0.4) is 0 Å². The van der Waals surface area contributed by atoms with Crippen molar-refractivity contribution in [3.05, 3.63) is 70.8 Å². The lowest BCUT2D eigenvalue weighted by Gasteiger charge is -2.17. The molecule has 0 saturated heterocycles. The van der Waals surface area contributed by atoms with Gasteiger partial charge in [-0.3, -0.25) is 9.59 Å². The average Bonchev–Trinajstić information content (AvgIpc) is 3.47. The van der Waals surface area contributed by atoms with Crippen molar-refractivity contribution in [3.63, 3.8) is 0 Å². The van der Waals surface area contributed by atoms with Gasteiger partial charge < -0.3 is 14.6 Å². The second-order valence-corrected chi connectivity index (χ2v) is 18.3. The van der Waals surface area contributed by atoms with Crippen LogP contribution < -0.4 is 0 Å². The van der Waals surface area contributed by atoms with Crippen LogP contribution in [0, 0.1) is 35.5 Å². The number of hydrogen-bond acceptors (Lipinski definition) is 7. The summed E-state index contributed by atoms with van der Waals surface area (Å²) in [7, 11) is 1.72. The van der Waals surface area contributed by atoms with Gasteiger partial charge in [-0.25, -0.2) is 9.59 Å². The van der Waals surface area contributed by atoms with Gasteiger partial charge in [0, 0.05) is 25.6 Å².